The monoisotopic (exact) mass is 214 g/mol. The molecule has 0 aliphatic heterocycles. The Balaban J connectivity index is 2.31. The van der Waals surface area contributed by atoms with Gasteiger partial charge in [-0.25, -0.2) is 0 Å². The summed E-state index contributed by atoms with van der Waals surface area (Å²) in [6.45, 7) is 1.99. The molecule has 0 saturated heterocycles. The lowest BCUT2D eigenvalue weighted by Gasteiger charge is -2.12. The van der Waals surface area contributed by atoms with Crippen LogP contribution in [-0.4, -0.2) is 10.2 Å². The summed E-state index contributed by atoms with van der Waals surface area (Å²) in [4.78, 5) is 0. The first-order valence-electron chi connectivity index (χ1n) is 5.20. The molecule has 16 heavy (non-hydrogen) atoms. The molecule has 0 bridgehead atoms. The van der Waals surface area contributed by atoms with Crippen LogP contribution in [0.1, 0.15) is 22.8 Å². The fraction of sp³-hybridized carbons (Fsp3) is 0.143. The van der Waals surface area contributed by atoms with E-state index in [1.54, 1.807) is 24.3 Å². The topological polar surface area (TPSA) is 40.5 Å². The van der Waals surface area contributed by atoms with E-state index < -0.39 is 6.10 Å². The molecule has 0 aliphatic rings. The van der Waals surface area contributed by atoms with Gasteiger partial charge in [0.25, 0.3) is 0 Å². The van der Waals surface area contributed by atoms with Gasteiger partial charge in [-0.1, -0.05) is 42.0 Å². The maximum absolute atomic E-state index is 10.1. The predicted molar refractivity (Wildman–Crippen MR) is 63.3 cm³/mol. The van der Waals surface area contributed by atoms with Gasteiger partial charge in [0.15, 0.2) is 0 Å². The summed E-state index contributed by atoms with van der Waals surface area (Å²) in [6, 6.07) is 14.4. The molecule has 2 aromatic rings. The summed E-state index contributed by atoms with van der Waals surface area (Å²) in [5.41, 5.74) is 2.77. The third-order valence-corrected chi connectivity index (χ3v) is 2.57. The van der Waals surface area contributed by atoms with Crippen LogP contribution >= 0.6 is 0 Å². The van der Waals surface area contributed by atoms with Crippen molar-refractivity contribution in [2.75, 3.05) is 0 Å². The SMILES string of the molecule is Cc1cccc(C(O)c2ccc(O)cc2)c1. The molecule has 0 aromatic heterocycles. The molecule has 0 amide bonds. The van der Waals surface area contributed by atoms with Crippen molar-refractivity contribution >= 4 is 0 Å². The zero-order valence-electron chi connectivity index (χ0n) is 9.09. The van der Waals surface area contributed by atoms with Crippen molar-refractivity contribution in [1.82, 2.24) is 0 Å². The van der Waals surface area contributed by atoms with E-state index >= 15 is 0 Å². The number of aliphatic hydroxyl groups is 1. The van der Waals surface area contributed by atoms with E-state index in [0.717, 1.165) is 16.7 Å². The Hall–Kier alpha value is -1.80. The Kier molecular flexibility index (Phi) is 2.93. The normalized spacial score (nSPS) is 12.4. The average Bonchev–Trinajstić information content (AvgIpc) is 2.29. The van der Waals surface area contributed by atoms with E-state index in [-0.39, 0.29) is 5.75 Å². The van der Waals surface area contributed by atoms with Gasteiger partial charge in [-0.05, 0) is 30.2 Å². The van der Waals surface area contributed by atoms with Crippen LogP contribution in [0.2, 0.25) is 0 Å². The van der Waals surface area contributed by atoms with Gasteiger partial charge < -0.3 is 10.2 Å². The van der Waals surface area contributed by atoms with Crippen LogP contribution in [0.4, 0.5) is 0 Å². The summed E-state index contributed by atoms with van der Waals surface area (Å²) >= 11 is 0. The van der Waals surface area contributed by atoms with Gasteiger partial charge >= 0.3 is 0 Å². The second-order valence-electron chi connectivity index (χ2n) is 3.91. The van der Waals surface area contributed by atoms with Crippen molar-refractivity contribution in [1.29, 1.82) is 0 Å². The van der Waals surface area contributed by atoms with Gasteiger partial charge in [-0.3, -0.25) is 0 Å². The number of phenols is 1. The Morgan fingerprint density at radius 3 is 2.25 bits per heavy atom. The summed E-state index contributed by atoms with van der Waals surface area (Å²) in [6.07, 6.45) is -0.638. The molecular formula is C14H14O2. The summed E-state index contributed by atoms with van der Waals surface area (Å²) in [5.74, 6) is 0.209. The minimum Gasteiger partial charge on any atom is -0.508 e. The van der Waals surface area contributed by atoms with Gasteiger partial charge in [0.05, 0.1) is 0 Å². The molecular weight excluding hydrogens is 200 g/mol. The highest BCUT2D eigenvalue weighted by Crippen LogP contribution is 2.23. The lowest BCUT2D eigenvalue weighted by atomic mass is 10.00. The van der Waals surface area contributed by atoms with Crippen molar-refractivity contribution in [3.63, 3.8) is 0 Å². The second kappa shape index (κ2) is 4.37. The third-order valence-electron chi connectivity index (χ3n) is 2.57. The molecule has 2 N–H and O–H groups in total. The first kappa shape index (κ1) is 10.7. The zero-order chi connectivity index (χ0) is 11.5. The molecule has 2 nitrogen and oxygen atoms in total. The van der Waals surface area contributed by atoms with Crippen molar-refractivity contribution in [2.45, 2.75) is 13.0 Å². The van der Waals surface area contributed by atoms with Crippen LogP contribution < -0.4 is 0 Å². The van der Waals surface area contributed by atoms with Gasteiger partial charge in [-0.2, -0.15) is 0 Å². The van der Waals surface area contributed by atoms with E-state index in [1.807, 2.05) is 31.2 Å². The molecule has 2 heteroatoms. The highest BCUT2D eigenvalue weighted by atomic mass is 16.3. The number of aryl methyl sites for hydroxylation is 1. The minimum absolute atomic E-state index is 0.209. The molecule has 2 aromatic carbocycles. The van der Waals surface area contributed by atoms with Crippen LogP contribution in [0.3, 0.4) is 0 Å². The maximum Gasteiger partial charge on any atom is 0.115 e. The number of aliphatic hydroxyl groups excluding tert-OH is 1. The summed E-state index contributed by atoms with van der Waals surface area (Å²) in [7, 11) is 0. The largest absolute Gasteiger partial charge is 0.508 e. The molecule has 0 saturated carbocycles. The van der Waals surface area contributed by atoms with Crippen molar-refractivity contribution in [3.8, 4) is 5.75 Å². The lowest BCUT2D eigenvalue weighted by Crippen LogP contribution is -1.99. The van der Waals surface area contributed by atoms with Crippen LogP contribution in [0.5, 0.6) is 5.75 Å². The van der Waals surface area contributed by atoms with Gasteiger partial charge in [-0.15, -0.1) is 0 Å². The zero-order valence-corrected chi connectivity index (χ0v) is 9.09. The summed E-state index contributed by atoms with van der Waals surface area (Å²) < 4.78 is 0. The van der Waals surface area contributed by atoms with Crippen molar-refractivity contribution in [2.24, 2.45) is 0 Å². The van der Waals surface area contributed by atoms with Crippen LogP contribution in [0.25, 0.3) is 0 Å². The number of phenolic OH excluding ortho intramolecular Hbond substituents is 1. The standard InChI is InChI=1S/C14H14O2/c1-10-3-2-4-12(9-10)14(16)11-5-7-13(15)8-6-11/h2-9,14-16H,1H3. The Morgan fingerprint density at radius 1 is 0.938 bits per heavy atom. The van der Waals surface area contributed by atoms with Crippen molar-refractivity contribution in [3.05, 3.63) is 65.2 Å². The molecule has 82 valence electrons. The summed E-state index contributed by atoms with van der Waals surface area (Å²) in [5, 5.41) is 19.3. The highest BCUT2D eigenvalue weighted by Gasteiger charge is 2.09. The molecule has 0 radical (unpaired) electrons. The number of aromatic hydroxyl groups is 1. The molecule has 0 aliphatic carbocycles. The fourth-order valence-electron chi connectivity index (χ4n) is 1.69. The Labute approximate surface area is 94.8 Å². The van der Waals surface area contributed by atoms with Crippen LogP contribution in [-0.2, 0) is 0 Å². The van der Waals surface area contributed by atoms with Crippen molar-refractivity contribution < 1.29 is 10.2 Å². The van der Waals surface area contributed by atoms with E-state index in [2.05, 4.69) is 0 Å². The predicted octanol–water partition coefficient (Wildman–Crippen LogP) is 2.78. The van der Waals surface area contributed by atoms with E-state index in [9.17, 15) is 10.2 Å². The van der Waals surface area contributed by atoms with Crippen LogP contribution in [0, 0.1) is 6.92 Å². The number of hydrogen-bond acceptors (Lipinski definition) is 2. The molecule has 0 spiro atoms. The van der Waals surface area contributed by atoms with Gasteiger partial charge in [0, 0.05) is 0 Å². The van der Waals surface area contributed by atoms with Gasteiger partial charge in [0.2, 0.25) is 0 Å². The number of hydrogen-bond donors (Lipinski definition) is 2. The number of rotatable bonds is 2. The second-order valence-corrected chi connectivity index (χ2v) is 3.91. The molecule has 0 heterocycles. The first-order valence-corrected chi connectivity index (χ1v) is 5.20. The number of benzene rings is 2. The average molecular weight is 214 g/mol. The quantitative estimate of drug-likeness (QED) is 0.807. The molecule has 1 atom stereocenters. The first-order chi connectivity index (χ1) is 7.66. The molecule has 2 rings (SSSR count). The molecule has 1 unspecified atom stereocenters. The van der Waals surface area contributed by atoms with E-state index in [1.165, 1.54) is 0 Å². The Bertz CT molecular complexity index is 474. The molecule has 0 fully saturated rings. The highest BCUT2D eigenvalue weighted by molar-refractivity contribution is 5.34. The van der Waals surface area contributed by atoms with Gasteiger partial charge in [0.1, 0.15) is 11.9 Å². The third kappa shape index (κ3) is 2.23. The van der Waals surface area contributed by atoms with E-state index in [0.29, 0.717) is 0 Å². The Morgan fingerprint density at radius 2 is 1.62 bits per heavy atom. The van der Waals surface area contributed by atoms with E-state index in [4.69, 9.17) is 0 Å². The van der Waals surface area contributed by atoms with Crippen LogP contribution in [0.15, 0.2) is 48.5 Å². The lowest BCUT2D eigenvalue weighted by molar-refractivity contribution is 0.220. The maximum atomic E-state index is 10.1. The smallest absolute Gasteiger partial charge is 0.115 e. The fourth-order valence-corrected chi connectivity index (χ4v) is 1.69. The minimum atomic E-state index is -0.638.